The minimum Gasteiger partial charge on any atom is -0.392 e. The summed E-state index contributed by atoms with van der Waals surface area (Å²) in [6.07, 6.45) is 0.185. The van der Waals surface area contributed by atoms with E-state index in [1.165, 1.54) is 0 Å². The first-order valence-electron chi connectivity index (χ1n) is 18.1. The molecule has 0 aromatic heterocycles. The summed E-state index contributed by atoms with van der Waals surface area (Å²) in [5.41, 5.74) is 5.46. The number of hydrogen-bond acceptors (Lipinski definition) is 7. The van der Waals surface area contributed by atoms with Crippen LogP contribution in [0.3, 0.4) is 0 Å². The molecule has 4 atom stereocenters. The van der Waals surface area contributed by atoms with Crippen molar-refractivity contribution in [3.05, 3.63) is 160 Å². The molecule has 2 fully saturated rings. The zero-order chi connectivity index (χ0) is 37.0. The second kappa shape index (κ2) is 16.2. The fourth-order valence-electron chi connectivity index (χ4n) is 7.37. The van der Waals surface area contributed by atoms with Crippen LogP contribution >= 0.6 is 11.6 Å². The van der Waals surface area contributed by atoms with Crippen molar-refractivity contribution in [2.45, 2.75) is 61.9 Å². The van der Waals surface area contributed by atoms with Gasteiger partial charge >= 0.3 is 0 Å². The first-order chi connectivity index (χ1) is 25.6. The Labute approximate surface area is 317 Å². The average molecular weight is 753 g/mol. The molecule has 0 spiro atoms. The van der Waals surface area contributed by atoms with Crippen LogP contribution in [0.1, 0.15) is 60.0 Å². The van der Waals surface area contributed by atoms with Crippen molar-refractivity contribution in [3.63, 3.8) is 0 Å². The smallest absolute Gasteiger partial charge is 0.240 e. The Kier molecular flexibility index (Phi) is 11.5. The van der Waals surface area contributed by atoms with Crippen molar-refractivity contribution < 1.29 is 28.1 Å². The van der Waals surface area contributed by atoms with Gasteiger partial charge in [-0.3, -0.25) is 0 Å². The molecular formula is C43H45ClN2O6S. The molecule has 5 aromatic rings. The van der Waals surface area contributed by atoms with Crippen LogP contribution < -0.4 is 4.72 Å². The number of rotatable bonds is 11. The van der Waals surface area contributed by atoms with Crippen LogP contribution in [-0.4, -0.2) is 49.3 Å². The van der Waals surface area contributed by atoms with Crippen LogP contribution in [-0.2, 0) is 38.2 Å². The van der Waals surface area contributed by atoms with Gasteiger partial charge in [-0.1, -0.05) is 122 Å². The first kappa shape index (κ1) is 37.4. The standard InChI is InChI=1S/C43H45ClN2O6S/c1-30-40(28-46-25-23-43(48,24-26-46)36-19-21-37(44)22-20-36)51-42(52-41(30)33-13-11-31(29-47)12-14-33)34-17-15-32(16-18-34)39-10-6-5-7-35(39)27-45-53(49,50)38-8-3-2-4-9-38/h2-22,30,40-42,45,47-48H,23-29H2,1H3/t30-,40+,41+,42+/m1/s1. The third kappa shape index (κ3) is 8.59. The number of ether oxygens (including phenoxy) is 2. The fraction of sp³-hybridized carbons (Fsp3) is 0.302. The van der Waals surface area contributed by atoms with Crippen molar-refractivity contribution >= 4 is 21.6 Å². The van der Waals surface area contributed by atoms with E-state index in [-0.39, 0.29) is 36.2 Å². The minimum atomic E-state index is -3.67. The minimum absolute atomic E-state index is 0.0223. The Hall–Kier alpha value is -3.90. The lowest BCUT2D eigenvalue weighted by molar-refractivity contribution is -0.277. The molecule has 53 heavy (non-hydrogen) atoms. The molecule has 0 aliphatic carbocycles. The highest BCUT2D eigenvalue weighted by Gasteiger charge is 2.41. The summed E-state index contributed by atoms with van der Waals surface area (Å²) in [6.45, 7) is 4.42. The summed E-state index contributed by atoms with van der Waals surface area (Å²) >= 11 is 6.11. The molecule has 10 heteroatoms. The zero-order valence-corrected chi connectivity index (χ0v) is 31.2. The molecule has 0 saturated carbocycles. The van der Waals surface area contributed by atoms with Crippen molar-refractivity contribution in [1.29, 1.82) is 0 Å². The normalized spacial score (nSPS) is 22.0. The lowest BCUT2D eigenvalue weighted by atomic mass is 9.84. The van der Waals surface area contributed by atoms with E-state index in [9.17, 15) is 18.6 Å². The van der Waals surface area contributed by atoms with Gasteiger partial charge in [-0.25, -0.2) is 13.1 Å². The van der Waals surface area contributed by atoms with Crippen LogP contribution in [0.2, 0.25) is 5.02 Å². The number of nitrogens with one attached hydrogen (secondary N) is 1. The molecule has 7 rings (SSSR count). The maximum absolute atomic E-state index is 12.9. The summed E-state index contributed by atoms with van der Waals surface area (Å²) in [5.74, 6) is 0.0223. The number of sulfonamides is 1. The third-order valence-corrected chi connectivity index (χ3v) is 12.3. The maximum atomic E-state index is 12.9. The SMILES string of the molecule is C[C@@H]1[C@H](CN2CCC(O)(c3ccc(Cl)cc3)CC2)O[C@H](c2ccc(-c3ccccc3CNS(=O)(=O)c3ccccc3)cc2)O[C@@H]1c1ccc(CO)cc1. The Bertz CT molecular complexity index is 2070. The number of aliphatic hydroxyl groups excluding tert-OH is 1. The van der Waals surface area contributed by atoms with E-state index in [1.54, 1.807) is 30.3 Å². The molecule has 0 unspecified atom stereocenters. The van der Waals surface area contributed by atoms with Gasteiger partial charge in [0.2, 0.25) is 10.0 Å². The molecule has 0 bridgehead atoms. The molecule has 0 radical (unpaired) electrons. The van der Waals surface area contributed by atoms with Gasteiger partial charge in [0, 0.05) is 42.7 Å². The molecule has 2 aliphatic heterocycles. The largest absolute Gasteiger partial charge is 0.392 e. The molecule has 2 heterocycles. The molecule has 276 valence electrons. The van der Waals surface area contributed by atoms with Crippen LogP contribution in [0.25, 0.3) is 11.1 Å². The van der Waals surface area contributed by atoms with Crippen molar-refractivity contribution in [2.24, 2.45) is 5.92 Å². The zero-order valence-electron chi connectivity index (χ0n) is 29.6. The van der Waals surface area contributed by atoms with E-state index in [0.29, 0.717) is 24.4 Å². The molecule has 2 saturated heterocycles. The van der Waals surface area contributed by atoms with Crippen molar-refractivity contribution in [2.75, 3.05) is 19.6 Å². The van der Waals surface area contributed by atoms with E-state index in [0.717, 1.165) is 52.0 Å². The molecule has 5 aromatic carbocycles. The quantitative estimate of drug-likeness (QED) is 0.127. The third-order valence-electron chi connectivity index (χ3n) is 10.6. The fourth-order valence-corrected chi connectivity index (χ4v) is 8.52. The number of likely N-dealkylation sites (tertiary alicyclic amines) is 1. The monoisotopic (exact) mass is 752 g/mol. The topological polar surface area (TPSA) is 108 Å². The highest BCUT2D eigenvalue weighted by molar-refractivity contribution is 7.89. The summed E-state index contributed by atoms with van der Waals surface area (Å²) in [4.78, 5) is 2.59. The number of benzene rings is 5. The first-order valence-corrected chi connectivity index (χ1v) is 19.9. The number of aliphatic hydroxyl groups is 2. The number of piperidine rings is 1. The summed E-state index contributed by atoms with van der Waals surface area (Å²) in [5, 5.41) is 21.8. The van der Waals surface area contributed by atoms with Gasteiger partial charge in [-0.05, 0) is 70.5 Å². The second-order valence-electron chi connectivity index (χ2n) is 14.1. The molecule has 2 aliphatic rings. The number of hydrogen-bond donors (Lipinski definition) is 3. The average Bonchev–Trinajstić information content (AvgIpc) is 3.19. The van der Waals surface area contributed by atoms with Gasteiger partial charge < -0.3 is 24.6 Å². The van der Waals surface area contributed by atoms with Crippen molar-refractivity contribution in [1.82, 2.24) is 9.62 Å². The van der Waals surface area contributed by atoms with Crippen LogP contribution in [0.4, 0.5) is 0 Å². The molecule has 8 nitrogen and oxygen atoms in total. The predicted molar refractivity (Wildman–Crippen MR) is 206 cm³/mol. The molecule has 3 N–H and O–H groups in total. The molecular weight excluding hydrogens is 708 g/mol. The van der Waals surface area contributed by atoms with E-state index in [1.807, 2.05) is 97.1 Å². The van der Waals surface area contributed by atoms with E-state index < -0.39 is 21.9 Å². The van der Waals surface area contributed by atoms with E-state index in [2.05, 4.69) is 16.5 Å². The van der Waals surface area contributed by atoms with Gasteiger partial charge in [0.05, 0.1) is 29.3 Å². The van der Waals surface area contributed by atoms with Crippen LogP contribution in [0.15, 0.2) is 132 Å². The lowest BCUT2D eigenvalue weighted by Crippen LogP contribution is -2.49. The Morgan fingerprint density at radius 2 is 1.45 bits per heavy atom. The van der Waals surface area contributed by atoms with Crippen LogP contribution in [0.5, 0.6) is 0 Å². The summed E-state index contributed by atoms with van der Waals surface area (Å²) in [7, 11) is -3.67. The Morgan fingerprint density at radius 1 is 0.811 bits per heavy atom. The van der Waals surface area contributed by atoms with Gasteiger partial charge in [0.15, 0.2) is 6.29 Å². The van der Waals surface area contributed by atoms with Crippen molar-refractivity contribution in [3.8, 4) is 11.1 Å². The second-order valence-corrected chi connectivity index (χ2v) is 16.3. The van der Waals surface area contributed by atoms with Gasteiger partial charge in [-0.2, -0.15) is 0 Å². The van der Waals surface area contributed by atoms with E-state index >= 15 is 0 Å². The number of halogens is 1. The van der Waals surface area contributed by atoms with Gasteiger partial charge in [-0.15, -0.1) is 0 Å². The lowest BCUT2D eigenvalue weighted by Gasteiger charge is -2.45. The Morgan fingerprint density at radius 3 is 2.13 bits per heavy atom. The highest BCUT2D eigenvalue weighted by atomic mass is 35.5. The highest BCUT2D eigenvalue weighted by Crippen LogP contribution is 2.43. The molecule has 0 amide bonds. The Balaban J connectivity index is 1.09. The number of nitrogens with zero attached hydrogens (tertiary/aromatic N) is 1. The summed E-state index contributed by atoms with van der Waals surface area (Å²) in [6, 6.07) is 39.6. The van der Waals surface area contributed by atoms with Gasteiger partial charge in [0.1, 0.15) is 0 Å². The predicted octanol–water partition coefficient (Wildman–Crippen LogP) is 7.75. The summed E-state index contributed by atoms with van der Waals surface area (Å²) < 4.78 is 42.1. The van der Waals surface area contributed by atoms with Gasteiger partial charge in [0.25, 0.3) is 0 Å². The van der Waals surface area contributed by atoms with E-state index in [4.69, 9.17) is 21.1 Å². The maximum Gasteiger partial charge on any atom is 0.240 e. The van der Waals surface area contributed by atoms with Crippen LogP contribution in [0, 0.1) is 5.92 Å².